The van der Waals surface area contributed by atoms with Crippen molar-refractivity contribution in [2.24, 2.45) is 0 Å². The Morgan fingerprint density at radius 2 is 1.92 bits per heavy atom. The maximum Gasteiger partial charge on any atom is 0.230 e. The van der Waals surface area contributed by atoms with E-state index in [-0.39, 0.29) is 23.6 Å². The first-order valence-electron chi connectivity index (χ1n) is 6.96. The zero-order valence-corrected chi connectivity index (χ0v) is 13.8. The lowest BCUT2D eigenvalue weighted by atomic mass is 10.1. The molecule has 1 heterocycles. The van der Waals surface area contributed by atoms with Gasteiger partial charge in [0.1, 0.15) is 11.6 Å². The third-order valence-electron chi connectivity index (χ3n) is 3.23. The Labute approximate surface area is 145 Å². The summed E-state index contributed by atoms with van der Waals surface area (Å²) in [6.07, 6.45) is 0.167. The van der Waals surface area contributed by atoms with Crippen molar-refractivity contribution in [1.82, 2.24) is 4.98 Å². The molecule has 3 aromatic rings. The standard InChI is InChI=1S/C17H11ClF2N2OS/c18-11-3-1-10(2-4-11)7-16(23)22-17-21-15(9-24-17)13-8-12(19)5-6-14(13)20/h1-6,8-9H,7H2,(H,21,22,23). The number of benzene rings is 2. The van der Waals surface area contributed by atoms with E-state index in [1.54, 1.807) is 29.6 Å². The molecule has 1 N–H and O–H groups in total. The number of aromatic nitrogens is 1. The summed E-state index contributed by atoms with van der Waals surface area (Å²) >= 11 is 6.94. The summed E-state index contributed by atoms with van der Waals surface area (Å²) in [5.74, 6) is -1.37. The molecule has 1 amide bonds. The molecule has 0 fully saturated rings. The highest BCUT2D eigenvalue weighted by Crippen LogP contribution is 2.27. The third kappa shape index (κ3) is 3.96. The van der Waals surface area contributed by atoms with Crippen LogP contribution in [-0.4, -0.2) is 10.9 Å². The minimum atomic E-state index is -0.569. The molecule has 0 spiro atoms. The predicted octanol–water partition coefficient (Wildman–Crippen LogP) is 4.92. The molecule has 1 aromatic heterocycles. The van der Waals surface area contributed by atoms with Crippen LogP contribution in [-0.2, 0) is 11.2 Å². The van der Waals surface area contributed by atoms with Crippen LogP contribution in [0.1, 0.15) is 5.56 Å². The van der Waals surface area contributed by atoms with Crippen molar-refractivity contribution in [3.63, 3.8) is 0 Å². The number of nitrogens with one attached hydrogen (secondary N) is 1. The first kappa shape index (κ1) is 16.5. The van der Waals surface area contributed by atoms with Crippen LogP contribution >= 0.6 is 22.9 Å². The Balaban J connectivity index is 1.70. The lowest BCUT2D eigenvalue weighted by Crippen LogP contribution is -2.14. The van der Waals surface area contributed by atoms with E-state index in [0.717, 1.165) is 35.1 Å². The average molecular weight is 365 g/mol. The minimum absolute atomic E-state index is 0.0597. The molecule has 0 aliphatic heterocycles. The minimum Gasteiger partial charge on any atom is -0.302 e. The maximum absolute atomic E-state index is 13.7. The number of hydrogen-bond acceptors (Lipinski definition) is 3. The Kier molecular flexibility index (Phi) is 4.87. The van der Waals surface area contributed by atoms with Crippen molar-refractivity contribution in [2.45, 2.75) is 6.42 Å². The Hall–Kier alpha value is -2.31. The number of anilines is 1. The van der Waals surface area contributed by atoms with Gasteiger partial charge in [-0.3, -0.25) is 4.79 Å². The summed E-state index contributed by atoms with van der Waals surface area (Å²) in [4.78, 5) is 16.2. The molecule has 3 nitrogen and oxygen atoms in total. The number of rotatable bonds is 4. The fourth-order valence-corrected chi connectivity index (χ4v) is 2.95. The first-order valence-corrected chi connectivity index (χ1v) is 8.22. The van der Waals surface area contributed by atoms with Gasteiger partial charge in [-0.1, -0.05) is 23.7 Å². The summed E-state index contributed by atoms with van der Waals surface area (Å²) in [6.45, 7) is 0. The number of halogens is 3. The van der Waals surface area contributed by atoms with Gasteiger partial charge in [0.05, 0.1) is 12.1 Å². The molecule has 3 rings (SSSR count). The van der Waals surface area contributed by atoms with E-state index in [9.17, 15) is 13.6 Å². The van der Waals surface area contributed by atoms with Crippen LogP contribution in [0, 0.1) is 11.6 Å². The zero-order valence-electron chi connectivity index (χ0n) is 12.2. The predicted molar refractivity (Wildman–Crippen MR) is 91.3 cm³/mol. The van der Waals surface area contributed by atoms with Gasteiger partial charge in [0.25, 0.3) is 0 Å². The van der Waals surface area contributed by atoms with Gasteiger partial charge < -0.3 is 5.32 Å². The number of carbonyl (C=O) groups is 1. The number of nitrogens with zero attached hydrogens (tertiary/aromatic N) is 1. The summed E-state index contributed by atoms with van der Waals surface area (Å²) in [5, 5.41) is 5.14. The summed E-state index contributed by atoms with van der Waals surface area (Å²) in [6, 6.07) is 10.1. The number of thiazole rings is 1. The van der Waals surface area contributed by atoms with Gasteiger partial charge in [-0.2, -0.15) is 0 Å². The SMILES string of the molecule is O=C(Cc1ccc(Cl)cc1)Nc1nc(-c2cc(F)ccc2F)cs1. The van der Waals surface area contributed by atoms with Crippen LogP contribution in [0.2, 0.25) is 5.02 Å². The van der Waals surface area contributed by atoms with Crippen LogP contribution in [0.3, 0.4) is 0 Å². The molecular formula is C17H11ClF2N2OS. The molecule has 24 heavy (non-hydrogen) atoms. The molecule has 0 aliphatic carbocycles. The summed E-state index contributed by atoms with van der Waals surface area (Å²) in [7, 11) is 0. The van der Waals surface area contributed by atoms with Crippen molar-refractivity contribution in [1.29, 1.82) is 0 Å². The second kappa shape index (κ2) is 7.07. The smallest absolute Gasteiger partial charge is 0.230 e. The van der Waals surface area contributed by atoms with Crippen LogP contribution in [0.15, 0.2) is 47.8 Å². The highest BCUT2D eigenvalue weighted by molar-refractivity contribution is 7.14. The molecule has 0 saturated heterocycles. The van der Waals surface area contributed by atoms with Gasteiger partial charge in [0.15, 0.2) is 5.13 Å². The second-order valence-electron chi connectivity index (χ2n) is 5.01. The molecule has 0 unspecified atom stereocenters. The lowest BCUT2D eigenvalue weighted by Gasteiger charge is -2.02. The monoisotopic (exact) mass is 364 g/mol. The van der Waals surface area contributed by atoms with Crippen LogP contribution < -0.4 is 5.32 Å². The molecule has 0 atom stereocenters. The van der Waals surface area contributed by atoms with E-state index in [1.165, 1.54) is 0 Å². The highest BCUT2D eigenvalue weighted by Gasteiger charge is 2.12. The van der Waals surface area contributed by atoms with E-state index in [4.69, 9.17) is 11.6 Å². The lowest BCUT2D eigenvalue weighted by molar-refractivity contribution is -0.115. The van der Waals surface area contributed by atoms with E-state index >= 15 is 0 Å². The third-order valence-corrected chi connectivity index (χ3v) is 4.24. The van der Waals surface area contributed by atoms with Gasteiger partial charge in [0.2, 0.25) is 5.91 Å². The zero-order chi connectivity index (χ0) is 17.1. The maximum atomic E-state index is 13.7. The molecule has 0 bridgehead atoms. The van der Waals surface area contributed by atoms with Gasteiger partial charge in [-0.05, 0) is 35.9 Å². The van der Waals surface area contributed by atoms with Crippen molar-refractivity contribution >= 4 is 34.0 Å². The summed E-state index contributed by atoms with van der Waals surface area (Å²) in [5.41, 5.74) is 1.15. The van der Waals surface area contributed by atoms with Crippen LogP contribution in [0.5, 0.6) is 0 Å². The molecule has 122 valence electrons. The number of carbonyl (C=O) groups excluding carboxylic acids is 1. The van der Waals surface area contributed by atoms with Crippen LogP contribution in [0.4, 0.5) is 13.9 Å². The van der Waals surface area contributed by atoms with E-state index < -0.39 is 11.6 Å². The van der Waals surface area contributed by atoms with Gasteiger partial charge in [-0.25, -0.2) is 13.8 Å². The molecule has 0 radical (unpaired) electrons. The van der Waals surface area contributed by atoms with Gasteiger partial charge in [-0.15, -0.1) is 11.3 Å². The number of hydrogen-bond donors (Lipinski definition) is 1. The number of amides is 1. The quantitative estimate of drug-likeness (QED) is 0.713. The highest BCUT2D eigenvalue weighted by atomic mass is 35.5. The van der Waals surface area contributed by atoms with Gasteiger partial charge >= 0.3 is 0 Å². The Bertz CT molecular complexity index is 881. The molecule has 7 heteroatoms. The van der Waals surface area contributed by atoms with Crippen molar-refractivity contribution in [3.8, 4) is 11.3 Å². The van der Waals surface area contributed by atoms with E-state index in [1.807, 2.05) is 0 Å². The normalized spacial score (nSPS) is 10.6. The molecule has 2 aromatic carbocycles. The largest absolute Gasteiger partial charge is 0.302 e. The van der Waals surface area contributed by atoms with Crippen molar-refractivity contribution < 1.29 is 13.6 Å². The van der Waals surface area contributed by atoms with Crippen molar-refractivity contribution in [2.75, 3.05) is 5.32 Å². The fourth-order valence-electron chi connectivity index (χ4n) is 2.10. The second-order valence-corrected chi connectivity index (χ2v) is 6.31. The topological polar surface area (TPSA) is 42.0 Å². The molecule has 0 aliphatic rings. The fraction of sp³-hybridized carbons (Fsp3) is 0.0588. The molecule has 0 saturated carbocycles. The van der Waals surface area contributed by atoms with Crippen LogP contribution in [0.25, 0.3) is 11.3 Å². The Morgan fingerprint density at radius 3 is 2.67 bits per heavy atom. The average Bonchev–Trinajstić information content (AvgIpc) is 3.00. The van der Waals surface area contributed by atoms with Crippen molar-refractivity contribution in [3.05, 3.63) is 70.1 Å². The van der Waals surface area contributed by atoms with E-state index in [0.29, 0.717) is 10.2 Å². The summed E-state index contributed by atoms with van der Waals surface area (Å²) < 4.78 is 27.0. The first-order chi connectivity index (χ1) is 11.5. The Morgan fingerprint density at radius 1 is 1.17 bits per heavy atom. The van der Waals surface area contributed by atoms with Gasteiger partial charge in [0, 0.05) is 16.0 Å². The van der Waals surface area contributed by atoms with E-state index in [2.05, 4.69) is 10.3 Å². The molecular weight excluding hydrogens is 354 g/mol.